The van der Waals surface area contributed by atoms with E-state index in [0.29, 0.717) is 6.54 Å². The molecule has 1 fully saturated rings. The van der Waals surface area contributed by atoms with Gasteiger partial charge in [0.25, 0.3) is 5.91 Å². The lowest BCUT2D eigenvalue weighted by Gasteiger charge is -2.36. The Hall–Kier alpha value is -0.620. The van der Waals surface area contributed by atoms with Gasteiger partial charge >= 0.3 is 0 Å². The number of nitrogens with one attached hydrogen (secondary N) is 2. The van der Waals surface area contributed by atoms with E-state index >= 15 is 0 Å². The van der Waals surface area contributed by atoms with Gasteiger partial charge in [-0.25, -0.2) is 0 Å². The van der Waals surface area contributed by atoms with Crippen molar-refractivity contribution in [3.8, 4) is 0 Å². The molecule has 2 heterocycles. The number of rotatable bonds is 5. The van der Waals surface area contributed by atoms with Crippen molar-refractivity contribution in [2.45, 2.75) is 37.7 Å². The first-order chi connectivity index (χ1) is 9.50. The second-order valence-electron chi connectivity index (χ2n) is 5.99. The van der Waals surface area contributed by atoms with Gasteiger partial charge in [0.05, 0.1) is 0 Å². The Labute approximate surface area is 137 Å². The fourth-order valence-electron chi connectivity index (χ4n) is 2.57. The van der Waals surface area contributed by atoms with Crippen LogP contribution in [0.3, 0.4) is 0 Å². The second-order valence-corrected chi connectivity index (χ2v) is 6.94. The zero-order chi connectivity index (χ0) is 14.6. The number of methoxy groups -OCH3 is 1. The molecule has 1 aromatic rings. The molecular formula is C15H25ClN2O2S. The minimum atomic E-state index is -0.656. The molecule has 1 aliphatic heterocycles. The van der Waals surface area contributed by atoms with Crippen LogP contribution in [0.5, 0.6) is 0 Å². The third-order valence-corrected chi connectivity index (χ3v) is 5.33. The summed E-state index contributed by atoms with van der Waals surface area (Å²) < 4.78 is 5.55. The van der Waals surface area contributed by atoms with E-state index in [2.05, 4.69) is 35.9 Å². The molecule has 0 aliphatic carbocycles. The van der Waals surface area contributed by atoms with Crippen LogP contribution >= 0.6 is 23.7 Å². The molecule has 0 aromatic carbocycles. The van der Waals surface area contributed by atoms with Gasteiger partial charge in [0, 0.05) is 23.9 Å². The molecule has 1 amide bonds. The average molecular weight is 333 g/mol. The summed E-state index contributed by atoms with van der Waals surface area (Å²) in [4.78, 5) is 13.8. The molecule has 0 saturated carbocycles. The SMILES string of the molecule is COC1(C(=O)NCC(C)(C)c2cccs2)CCNCC1.Cl. The molecule has 1 saturated heterocycles. The van der Waals surface area contributed by atoms with E-state index in [-0.39, 0.29) is 23.7 Å². The summed E-state index contributed by atoms with van der Waals surface area (Å²) >= 11 is 1.73. The van der Waals surface area contributed by atoms with Crippen LogP contribution in [0.25, 0.3) is 0 Å². The molecule has 0 radical (unpaired) electrons. The van der Waals surface area contributed by atoms with Crippen molar-refractivity contribution in [1.29, 1.82) is 0 Å². The van der Waals surface area contributed by atoms with Gasteiger partial charge in [0.1, 0.15) is 5.60 Å². The first kappa shape index (κ1) is 18.4. The largest absolute Gasteiger partial charge is 0.368 e. The van der Waals surface area contributed by atoms with Crippen molar-refractivity contribution in [2.75, 3.05) is 26.7 Å². The zero-order valence-corrected chi connectivity index (χ0v) is 14.5. The Morgan fingerprint density at radius 2 is 2.14 bits per heavy atom. The van der Waals surface area contributed by atoms with E-state index < -0.39 is 5.60 Å². The number of piperidine rings is 1. The molecule has 6 heteroatoms. The molecule has 0 atom stereocenters. The number of amides is 1. The van der Waals surface area contributed by atoms with Crippen LogP contribution in [0.1, 0.15) is 31.6 Å². The highest BCUT2D eigenvalue weighted by molar-refractivity contribution is 7.10. The number of carbonyl (C=O) groups excluding carboxylic acids is 1. The number of carbonyl (C=O) groups is 1. The van der Waals surface area contributed by atoms with E-state index in [1.807, 2.05) is 6.07 Å². The number of hydrogen-bond donors (Lipinski definition) is 2. The Kier molecular flexibility index (Phi) is 6.66. The van der Waals surface area contributed by atoms with Crippen molar-refractivity contribution in [1.82, 2.24) is 10.6 Å². The maximum atomic E-state index is 12.5. The Bertz CT molecular complexity index is 443. The smallest absolute Gasteiger partial charge is 0.252 e. The summed E-state index contributed by atoms with van der Waals surface area (Å²) in [5, 5.41) is 8.42. The summed E-state index contributed by atoms with van der Waals surface area (Å²) in [7, 11) is 1.63. The molecule has 120 valence electrons. The first-order valence-corrected chi connectivity index (χ1v) is 7.96. The first-order valence-electron chi connectivity index (χ1n) is 7.08. The van der Waals surface area contributed by atoms with Gasteiger partial charge in [0.2, 0.25) is 0 Å². The molecule has 4 nitrogen and oxygen atoms in total. The zero-order valence-electron chi connectivity index (χ0n) is 12.9. The summed E-state index contributed by atoms with van der Waals surface area (Å²) in [6, 6.07) is 4.17. The van der Waals surface area contributed by atoms with Gasteiger partial charge in [-0.05, 0) is 37.4 Å². The van der Waals surface area contributed by atoms with Gasteiger partial charge < -0.3 is 15.4 Å². The van der Waals surface area contributed by atoms with Gasteiger partial charge in [-0.3, -0.25) is 4.79 Å². The Balaban J connectivity index is 0.00000220. The summed E-state index contributed by atoms with van der Waals surface area (Å²) in [6.45, 7) is 6.60. The van der Waals surface area contributed by atoms with Crippen LogP contribution in [0.2, 0.25) is 0 Å². The van der Waals surface area contributed by atoms with E-state index in [4.69, 9.17) is 4.74 Å². The topological polar surface area (TPSA) is 50.4 Å². The van der Waals surface area contributed by atoms with E-state index in [1.54, 1.807) is 18.4 Å². The van der Waals surface area contributed by atoms with E-state index in [0.717, 1.165) is 25.9 Å². The maximum absolute atomic E-state index is 12.5. The van der Waals surface area contributed by atoms with Crippen molar-refractivity contribution < 1.29 is 9.53 Å². The average Bonchev–Trinajstić information content (AvgIpc) is 3.00. The quantitative estimate of drug-likeness (QED) is 0.870. The highest BCUT2D eigenvalue weighted by Gasteiger charge is 2.40. The fourth-order valence-corrected chi connectivity index (χ4v) is 3.42. The fraction of sp³-hybridized carbons (Fsp3) is 0.667. The molecule has 2 N–H and O–H groups in total. The third kappa shape index (κ3) is 4.19. The van der Waals surface area contributed by atoms with Gasteiger partial charge in [0.15, 0.2) is 0 Å². The highest BCUT2D eigenvalue weighted by Crippen LogP contribution is 2.28. The van der Waals surface area contributed by atoms with Crippen LogP contribution in [-0.4, -0.2) is 38.3 Å². The molecule has 0 bridgehead atoms. The minimum absolute atomic E-state index is 0. The number of hydrogen-bond acceptors (Lipinski definition) is 4. The van der Waals surface area contributed by atoms with Gasteiger partial charge in [-0.1, -0.05) is 19.9 Å². The monoisotopic (exact) mass is 332 g/mol. The standard InChI is InChI=1S/C15H24N2O2S.ClH/c1-14(2,12-5-4-10-20-12)11-17-13(18)15(19-3)6-8-16-9-7-15;/h4-5,10,16H,6-9,11H2,1-3H3,(H,17,18);1H. The van der Waals surface area contributed by atoms with Crippen molar-refractivity contribution >= 4 is 29.7 Å². The van der Waals surface area contributed by atoms with E-state index in [1.165, 1.54) is 4.88 Å². The third-order valence-electron chi connectivity index (χ3n) is 4.09. The molecular weight excluding hydrogens is 308 g/mol. The summed E-state index contributed by atoms with van der Waals surface area (Å²) in [6.07, 6.45) is 1.46. The molecule has 21 heavy (non-hydrogen) atoms. The van der Waals surface area contributed by atoms with Crippen LogP contribution in [0.4, 0.5) is 0 Å². The van der Waals surface area contributed by atoms with Gasteiger partial charge in [-0.15, -0.1) is 23.7 Å². The lowest BCUT2D eigenvalue weighted by molar-refractivity contribution is -0.146. The van der Waals surface area contributed by atoms with Crippen molar-refractivity contribution in [3.05, 3.63) is 22.4 Å². The number of thiophene rings is 1. The molecule has 1 aliphatic rings. The number of ether oxygens (including phenoxy) is 1. The summed E-state index contributed by atoms with van der Waals surface area (Å²) in [5.41, 5.74) is -0.706. The van der Waals surface area contributed by atoms with Crippen molar-refractivity contribution in [3.63, 3.8) is 0 Å². The van der Waals surface area contributed by atoms with Crippen LogP contribution in [0.15, 0.2) is 17.5 Å². The minimum Gasteiger partial charge on any atom is -0.368 e. The number of halogens is 1. The van der Waals surface area contributed by atoms with E-state index in [9.17, 15) is 4.79 Å². The predicted molar refractivity (Wildman–Crippen MR) is 89.4 cm³/mol. The molecule has 0 unspecified atom stereocenters. The molecule has 1 aromatic heterocycles. The lowest BCUT2D eigenvalue weighted by Crippen LogP contribution is -2.55. The lowest BCUT2D eigenvalue weighted by atomic mass is 9.88. The predicted octanol–water partition coefficient (Wildman–Crippen LogP) is 2.33. The Morgan fingerprint density at radius 3 is 2.67 bits per heavy atom. The molecule has 2 rings (SSSR count). The highest BCUT2D eigenvalue weighted by atomic mass is 35.5. The van der Waals surface area contributed by atoms with Crippen LogP contribution < -0.4 is 10.6 Å². The molecule has 0 spiro atoms. The van der Waals surface area contributed by atoms with Crippen molar-refractivity contribution in [2.24, 2.45) is 0 Å². The second kappa shape index (κ2) is 7.58. The van der Waals surface area contributed by atoms with Crippen LogP contribution in [-0.2, 0) is 14.9 Å². The summed E-state index contributed by atoms with van der Waals surface area (Å²) in [5.74, 6) is 0.0196. The maximum Gasteiger partial charge on any atom is 0.252 e. The van der Waals surface area contributed by atoms with Gasteiger partial charge in [-0.2, -0.15) is 0 Å². The van der Waals surface area contributed by atoms with Crippen LogP contribution in [0, 0.1) is 0 Å². The normalized spacial score (nSPS) is 17.9. The Morgan fingerprint density at radius 1 is 1.48 bits per heavy atom.